The van der Waals surface area contributed by atoms with Crippen LogP contribution in [-0.2, 0) is 19.4 Å². The zero-order chi connectivity index (χ0) is 22.5. The van der Waals surface area contributed by atoms with Crippen molar-refractivity contribution in [3.63, 3.8) is 0 Å². The van der Waals surface area contributed by atoms with Gasteiger partial charge in [-0.25, -0.2) is 14.2 Å². The van der Waals surface area contributed by atoms with Crippen LogP contribution in [0.25, 0.3) is 0 Å². The van der Waals surface area contributed by atoms with Crippen molar-refractivity contribution < 1.29 is 9.18 Å². The summed E-state index contributed by atoms with van der Waals surface area (Å²) in [6, 6.07) is 6.51. The van der Waals surface area contributed by atoms with Crippen LogP contribution in [0.15, 0.2) is 24.3 Å². The quantitative estimate of drug-likeness (QED) is 0.637. The molecule has 4 rings (SSSR count). The fraction of sp³-hybridized carbons (Fsp3) is 0.542. The van der Waals surface area contributed by atoms with E-state index in [1.807, 2.05) is 14.1 Å². The van der Waals surface area contributed by atoms with E-state index in [1.54, 1.807) is 12.1 Å². The molecule has 2 aliphatic rings. The van der Waals surface area contributed by atoms with E-state index in [0.29, 0.717) is 12.6 Å². The second-order valence-corrected chi connectivity index (χ2v) is 9.05. The third-order valence-electron chi connectivity index (χ3n) is 6.32. The summed E-state index contributed by atoms with van der Waals surface area (Å²) in [7, 11) is 4.08. The predicted octanol–water partition coefficient (Wildman–Crippen LogP) is 3.78. The molecule has 0 radical (unpaired) electrons. The number of benzene rings is 1. The summed E-state index contributed by atoms with van der Waals surface area (Å²) in [6.07, 6.45) is 8.17. The number of aromatic nitrogens is 2. The average molecular weight is 441 g/mol. The Labute approximate surface area is 189 Å². The van der Waals surface area contributed by atoms with Gasteiger partial charge >= 0.3 is 6.03 Å². The van der Waals surface area contributed by atoms with E-state index < -0.39 is 0 Å². The van der Waals surface area contributed by atoms with Gasteiger partial charge in [0.2, 0.25) is 5.95 Å². The summed E-state index contributed by atoms with van der Waals surface area (Å²) in [4.78, 5) is 23.9. The first-order valence-electron chi connectivity index (χ1n) is 11.6. The minimum absolute atomic E-state index is 0.141. The number of hydrogen-bond acceptors (Lipinski definition) is 5. The van der Waals surface area contributed by atoms with Gasteiger partial charge in [-0.3, -0.25) is 0 Å². The summed E-state index contributed by atoms with van der Waals surface area (Å²) in [5, 5.41) is 9.40. The number of hydrogen-bond donors (Lipinski definition) is 3. The van der Waals surface area contributed by atoms with Crippen molar-refractivity contribution in [3.8, 4) is 0 Å². The van der Waals surface area contributed by atoms with Crippen molar-refractivity contribution in [2.75, 3.05) is 24.3 Å². The highest BCUT2D eigenvalue weighted by molar-refractivity contribution is 5.74. The van der Waals surface area contributed by atoms with Crippen molar-refractivity contribution in [2.45, 2.75) is 70.0 Å². The van der Waals surface area contributed by atoms with E-state index in [-0.39, 0.29) is 17.9 Å². The molecule has 1 heterocycles. The van der Waals surface area contributed by atoms with Gasteiger partial charge in [0, 0.05) is 38.3 Å². The van der Waals surface area contributed by atoms with Gasteiger partial charge < -0.3 is 20.9 Å². The predicted molar refractivity (Wildman–Crippen MR) is 124 cm³/mol. The lowest BCUT2D eigenvalue weighted by molar-refractivity contribution is 0.231. The molecule has 2 aliphatic carbocycles. The first kappa shape index (κ1) is 22.3. The number of rotatable bonds is 6. The fourth-order valence-electron chi connectivity index (χ4n) is 4.64. The fourth-order valence-corrected chi connectivity index (χ4v) is 4.64. The number of aryl methyl sites for hydroxylation is 1. The van der Waals surface area contributed by atoms with E-state index in [4.69, 9.17) is 9.97 Å². The minimum Gasteiger partial charge on any atom is -0.362 e. The Bertz CT molecular complexity index is 942. The van der Waals surface area contributed by atoms with E-state index in [1.165, 1.54) is 36.2 Å². The highest BCUT2D eigenvalue weighted by Gasteiger charge is 2.24. The number of urea groups is 1. The first-order valence-corrected chi connectivity index (χ1v) is 11.6. The van der Waals surface area contributed by atoms with Gasteiger partial charge in [0.15, 0.2) is 0 Å². The SMILES string of the molecule is CN(C)c1nc(NC2CCC(NC(=O)NCc3cccc(F)c3)CC2)nc2c1CCCC2. The number of carbonyl (C=O) groups is 1. The van der Waals surface area contributed by atoms with Crippen molar-refractivity contribution in [1.82, 2.24) is 20.6 Å². The number of nitrogens with one attached hydrogen (secondary N) is 3. The zero-order valence-corrected chi connectivity index (χ0v) is 19.0. The highest BCUT2D eigenvalue weighted by Crippen LogP contribution is 2.29. The average Bonchev–Trinajstić information content (AvgIpc) is 2.78. The molecule has 0 spiro atoms. The van der Waals surface area contributed by atoms with Crippen LogP contribution in [0.4, 0.5) is 21.0 Å². The van der Waals surface area contributed by atoms with Gasteiger partial charge in [0.05, 0.1) is 5.69 Å². The maximum Gasteiger partial charge on any atom is 0.315 e. The largest absolute Gasteiger partial charge is 0.362 e. The van der Waals surface area contributed by atoms with E-state index in [0.717, 1.165) is 55.9 Å². The lowest BCUT2D eigenvalue weighted by Crippen LogP contribution is -2.44. The molecule has 32 heavy (non-hydrogen) atoms. The zero-order valence-electron chi connectivity index (χ0n) is 19.0. The Balaban J connectivity index is 1.26. The molecule has 0 atom stereocenters. The smallest absolute Gasteiger partial charge is 0.315 e. The second-order valence-electron chi connectivity index (χ2n) is 9.05. The van der Waals surface area contributed by atoms with Crippen LogP contribution < -0.4 is 20.9 Å². The number of amides is 2. The molecule has 7 nitrogen and oxygen atoms in total. The van der Waals surface area contributed by atoms with E-state index >= 15 is 0 Å². The van der Waals surface area contributed by atoms with Crippen LogP contribution >= 0.6 is 0 Å². The number of nitrogens with zero attached hydrogens (tertiary/aromatic N) is 3. The van der Waals surface area contributed by atoms with Crippen LogP contribution in [0.5, 0.6) is 0 Å². The third-order valence-corrected chi connectivity index (χ3v) is 6.32. The number of carbonyl (C=O) groups excluding carboxylic acids is 1. The highest BCUT2D eigenvalue weighted by atomic mass is 19.1. The molecular formula is C24H33FN6O. The molecule has 1 saturated carbocycles. The molecule has 2 amide bonds. The van der Waals surface area contributed by atoms with Gasteiger partial charge in [-0.1, -0.05) is 12.1 Å². The summed E-state index contributed by atoms with van der Waals surface area (Å²) < 4.78 is 13.3. The molecule has 172 valence electrons. The summed E-state index contributed by atoms with van der Waals surface area (Å²) >= 11 is 0. The van der Waals surface area contributed by atoms with Crippen molar-refractivity contribution in [2.24, 2.45) is 0 Å². The van der Waals surface area contributed by atoms with Gasteiger partial charge in [0.25, 0.3) is 0 Å². The Kier molecular flexibility index (Phi) is 7.07. The molecule has 2 aromatic rings. The number of anilines is 2. The molecule has 8 heteroatoms. The molecule has 1 aromatic carbocycles. The monoisotopic (exact) mass is 440 g/mol. The topological polar surface area (TPSA) is 82.2 Å². The van der Waals surface area contributed by atoms with Crippen molar-refractivity contribution in [1.29, 1.82) is 0 Å². The molecule has 1 aromatic heterocycles. The molecule has 0 saturated heterocycles. The minimum atomic E-state index is -0.295. The van der Waals surface area contributed by atoms with E-state index in [2.05, 4.69) is 20.9 Å². The molecule has 1 fully saturated rings. The van der Waals surface area contributed by atoms with Crippen LogP contribution in [0.2, 0.25) is 0 Å². The Morgan fingerprint density at radius 2 is 1.84 bits per heavy atom. The normalized spacial score (nSPS) is 20.2. The van der Waals surface area contributed by atoms with Gasteiger partial charge in [-0.05, 0) is 69.1 Å². The summed E-state index contributed by atoms with van der Waals surface area (Å²) in [6.45, 7) is 0.310. The van der Waals surface area contributed by atoms with Crippen LogP contribution in [0.1, 0.15) is 55.3 Å². The van der Waals surface area contributed by atoms with Gasteiger partial charge in [0.1, 0.15) is 11.6 Å². The van der Waals surface area contributed by atoms with Gasteiger partial charge in [-0.2, -0.15) is 4.98 Å². The van der Waals surface area contributed by atoms with Crippen LogP contribution in [0, 0.1) is 5.82 Å². The maximum absolute atomic E-state index is 13.3. The Morgan fingerprint density at radius 3 is 2.59 bits per heavy atom. The number of halogens is 1. The summed E-state index contributed by atoms with van der Waals surface area (Å²) in [5.41, 5.74) is 3.22. The van der Waals surface area contributed by atoms with E-state index in [9.17, 15) is 9.18 Å². The molecular weight excluding hydrogens is 407 g/mol. The van der Waals surface area contributed by atoms with Gasteiger partial charge in [-0.15, -0.1) is 0 Å². The number of fused-ring (bicyclic) bond motifs is 1. The summed E-state index contributed by atoms with van der Waals surface area (Å²) in [5.74, 6) is 1.46. The molecule has 0 unspecified atom stereocenters. The van der Waals surface area contributed by atoms with Crippen molar-refractivity contribution >= 4 is 17.8 Å². The first-order chi connectivity index (χ1) is 15.5. The van der Waals surface area contributed by atoms with Crippen molar-refractivity contribution in [3.05, 3.63) is 46.9 Å². The Morgan fingerprint density at radius 1 is 1.09 bits per heavy atom. The maximum atomic E-state index is 13.3. The molecule has 0 bridgehead atoms. The Hall–Kier alpha value is -2.90. The van der Waals surface area contributed by atoms with Crippen LogP contribution in [0.3, 0.4) is 0 Å². The lowest BCUT2D eigenvalue weighted by atomic mass is 9.91. The second kappa shape index (κ2) is 10.1. The third kappa shape index (κ3) is 5.66. The molecule has 3 N–H and O–H groups in total. The standard InChI is InChI=1S/C24H33FN6O/c1-31(2)22-20-8-3-4-9-21(20)29-23(30-22)27-18-10-12-19(13-11-18)28-24(32)26-15-16-6-5-7-17(25)14-16/h5-7,14,18-19H,3-4,8-13,15H2,1-2H3,(H2,26,28,32)(H,27,29,30). The lowest BCUT2D eigenvalue weighted by Gasteiger charge is -2.30. The van der Waals surface area contributed by atoms with Crippen LogP contribution in [-0.4, -0.2) is 42.2 Å². The molecule has 0 aliphatic heterocycles.